The highest BCUT2D eigenvalue weighted by molar-refractivity contribution is 6.34. The number of benzene rings is 2. The number of carbonyl (C=O) groups is 2. The average Bonchev–Trinajstić information content (AvgIpc) is 3.29. The minimum Gasteiger partial charge on any atom is -0.478 e. The SMILES string of the molecule is CC1=NN(c2ccc(Cl)cc2)C(=O)/C1=C\c1ccc(-c2ccc(Cl)c(C(=O)O)c2)o1. The fourth-order valence-corrected chi connectivity index (χ4v) is 3.34. The fourth-order valence-electron chi connectivity index (χ4n) is 3.01. The molecule has 3 aromatic rings. The van der Waals surface area contributed by atoms with E-state index < -0.39 is 5.97 Å². The quantitative estimate of drug-likeness (QED) is 0.522. The maximum atomic E-state index is 12.8. The summed E-state index contributed by atoms with van der Waals surface area (Å²) in [6, 6.07) is 14.8. The summed E-state index contributed by atoms with van der Waals surface area (Å²) in [5.74, 6) is -0.517. The zero-order valence-corrected chi connectivity index (χ0v) is 17.1. The van der Waals surface area contributed by atoms with E-state index >= 15 is 0 Å². The third kappa shape index (κ3) is 3.75. The van der Waals surface area contributed by atoms with Crippen LogP contribution in [0.1, 0.15) is 23.0 Å². The molecule has 0 saturated heterocycles. The fraction of sp³-hybridized carbons (Fsp3) is 0.0455. The summed E-state index contributed by atoms with van der Waals surface area (Å²) in [5, 5.41) is 15.6. The van der Waals surface area contributed by atoms with E-state index in [1.807, 2.05) is 0 Å². The van der Waals surface area contributed by atoms with Gasteiger partial charge in [-0.3, -0.25) is 4.79 Å². The van der Waals surface area contributed by atoms with Crippen molar-refractivity contribution >= 4 is 52.6 Å². The molecule has 0 aliphatic carbocycles. The smallest absolute Gasteiger partial charge is 0.337 e. The van der Waals surface area contributed by atoms with E-state index in [9.17, 15) is 14.7 Å². The topological polar surface area (TPSA) is 83.1 Å². The van der Waals surface area contributed by atoms with E-state index in [1.54, 1.807) is 55.5 Å². The predicted octanol–water partition coefficient (Wildman–Crippen LogP) is 5.76. The minimum atomic E-state index is -1.12. The number of furan rings is 1. The lowest BCUT2D eigenvalue weighted by Gasteiger charge is -2.11. The van der Waals surface area contributed by atoms with Crippen molar-refractivity contribution in [2.24, 2.45) is 5.10 Å². The Kier molecular flexibility index (Phi) is 5.20. The molecule has 1 aromatic heterocycles. The Morgan fingerprint density at radius 1 is 1.10 bits per heavy atom. The van der Waals surface area contributed by atoms with Gasteiger partial charge in [-0.2, -0.15) is 10.1 Å². The maximum absolute atomic E-state index is 12.8. The van der Waals surface area contributed by atoms with Crippen LogP contribution in [0.4, 0.5) is 5.69 Å². The third-order valence-electron chi connectivity index (χ3n) is 4.53. The number of rotatable bonds is 4. The van der Waals surface area contributed by atoms with Crippen molar-refractivity contribution in [1.29, 1.82) is 0 Å². The van der Waals surface area contributed by atoms with E-state index in [0.717, 1.165) is 0 Å². The number of hydrogen-bond acceptors (Lipinski definition) is 4. The van der Waals surface area contributed by atoms with Crippen LogP contribution >= 0.6 is 23.2 Å². The number of carbonyl (C=O) groups excluding carboxylic acids is 1. The number of amides is 1. The molecular formula is C22H14Cl2N2O4. The van der Waals surface area contributed by atoms with Crippen LogP contribution in [0, 0.1) is 0 Å². The van der Waals surface area contributed by atoms with Gasteiger partial charge in [0.15, 0.2) is 0 Å². The van der Waals surface area contributed by atoms with Crippen molar-refractivity contribution in [3.8, 4) is 11.3 Å². The molecule has 1 N–H and O–H groups in total. The first-order valence-corrected chi connectivity index (χ1v) is 9.59. The van der Waals surface area contributed by atoms with Crippen LogP contribution in [0.25, 0.3) is 17.4 Å². The molecule has 4 rings (SSSR count). The highest BCUT2D eigenvalue weighted by Crippen LogP contribution is 2.30. The number of anilines is 1. The van der Waals surface area contributed by atoms with E-state index in [0.29, 0.717) is 39.1 Å². The number of carboxylic acid groups (broad SMARTS) is 1. The molecule has 1 aliphatic heterocycles. The van der Waals surface area contributed by atoms with Crippen LogP contribution in [0.5, 0.6) is 0 Å². The van der Waals surface area contributed by atoms with Gasteiger partial charge < -0.3 is 9.52 Å². The van der Waals surface area contributed by atoms with Gasteiger partial charge in [0.1, 0.15) is 11.5 Å². The number of hydrogen-bond donors (Lipinski definition) is 1. The number of hydrazone groups is 1. The van der Waals surface area contributed by atoms with E-state index in [2.05, 4.69) is 5.10 Å². The molecule has 0 fully saturated rings. The molecule has 0 unspecified atom stereocenters. The lowest BCUT2D eigenvalue weighted by atomic mass is 10.1. The Balaban J connectivity index is 1.62. The highest BCUT2D eigenvalue weighted by atomic mass is 35.5. The molecular weight excluding hydrogens is 427 g/mol. The van der Waals surface area contributed by atoms with Crippen LogP contribution in [-0.2, 0) is 4.79 Å². The first-order valence-electron chi connectivity index (χ1n) is 8.84. The van der Waals surface area contributed by atoms with Gasteiger partial charge in [0.05, 0.1) is 27.6 Å². The van der Waals surface area contributed by atoms with Crippen molar-refractivity contribution in [2.45, 2.75) is 6.92 Å². The number of nitrogens with zero attached hydrogens (tertiary/aromatic N) is 2. The Morgan fingerprint density at radius 2 is 1.83 bits per heavy atom. The van der Waals surface area contributed by atoms with Gasteiger partial charge in [-0.05, 0) is 67.6 Å². The average molecular weight is 441 g/mol. The largest absolute Gasteiger partial charge is 0.478 e. The summed E-state index contributed by atoms with van der Waals surface area (Å²) in [6.07, 6.45) is 1.61. The number of aromatic carboxylic acids is 1. The Labute approximate surface area is 181 Å². The summed E-state index contributed by atoms with van der Waals surface area (Å²) >= 11 is 11.8. The molecule has 0 spiro atoms. The standard InChI is InChI=1S/C22H14Cl2N2O4/c1-12-17(21(27)26(25-12)15-5-3-14(23)4-6-15)11-16-7-9-20(30-16)13-2-8-19(24)18(10-13)22(28)29/h2-11H,1H3,(H,28,29)/b17-11-. The molecule has 0 radical (unpaired) electrons. The summed E-state index contributed by atoms with van der Waals surface area (Å²) < 4.78 is 5.80. The van der Waals surface area contributed by atoms with Crippen molar-refractivity contribution in [3.63, 3.8) is 0 Å². The second-order valence-corrected chi connectivity index (χ2v) is 7.38. The summed E-state index contributed by atoms with van der Waals surface area (Å²) in [6.45, 7) is 1.74. The summed E-state index contributed by atoms with van der Waals surface area (Å²) in [7, 11) is 0. The molecule has 2 heterocycles. The van der Waals surface area contributed by atoms with Crippen molar-refractivity contribution < 1.29 is 19.1 Å². The Hall–Kier alpha value is -3.35. The van der Waals surface area contributed by atoms with Crippen LogP contribution in [-0.4, -0.2) is 22.7 Å². The Morgan fingerprint density at radius 3 is 2.53 bits per heavy atom. The lowest BCUT2D eigenvalue weighted by molar-refractivity contribution is -0.114. The summed E-state index contributed by atoms with van der Waals surface area (Å²) in [4.78, 5) is 24.1. The minimum absolute atomic E-state index is 0.0157. The third-order valence-corrected chi connectivity index (χ3v) is 5.11. The number of halogens is 2. The van der Waals surface area contributed by atoms with E-state index in [1.165, 1.54) is 17.1 Å². The zero-order chi connectivity index (χ0) is 21.4. The highest BCUT2D eigenvalue weighted by Gasteiger charge is 2.29. The van der Waals surface area contributed by atoms with Crippen molar-refractivity contribution in [1.82, 2.24) is 0 Å². The van der Waals surface area contributed by atoms with Crippen LogP contribution in [0.15, 0.2) is 69.7 Å². The molecule has 1 amide bonds. The molecule has 30 heavy (non-hydrogen) atoms. The van der Waals surface area contributed by atoms with Crippen molar-refractivity contribution in [3.05, 3.63) is 81.5 Å². The molecule has 0 saturated carbocycles. The molecule has 2 aromatic carbocycles. The first-order chi connectivity index (χ1) is 14.3. The van der Waals surface area contributed by atoms with Crippen LogP contribution in [0.3, 0.4) is 0 Å². The zero-order valence-electron chi connectivity index (χ0n) is 15.6. The molecule has 6 nitrogen and oxygen atoms in total. The monoisotopic (exact) mass is 440 g/mol. The van der Waals surface area contributed by atoms with Gasteiger partial charge in [-0.25, -0.2) is 4.79 Å². The van der Waals surface area contributed by atoms with Crippen LogP contribution in [0.2, 0.25) is 10.0 Å². The van der Waals surface area contributed by atoms with E-state index in [-0.39, 0.29) is 16.5 Å². The molecule has 150 valence electrons. The van der Waals surface area contributed by atoms with Gasteiger partial charge in [0.25, 0.3) is 5.91 Å². The summed E-state index contributed by atoms with van der Waals surface area (Å²) in [5.41, 5.74) is 2.10. The second kappa shape index (κ2) is 7.82. The number of carboxylic acids is 1. The van der Waals surface area contributed by atoms with Gasteiger partial charge in [-0.1, -0.05) is 23.2 Å². The van der Waals surface area contributed by atoms with Gasteiger partial charge >= 0.3 is 5.97 Å². The van der Waals surface area contributed by atoms with Gasteiger partial charge in [-0.15, -0.1) is 0 Å². The first kappa shape index (κ1) is 19.9. The maximum Gasteiger partial charge on any atom is 0.337 e. The predicted molar refractivity (Wildman–Crippen MR) is 116 cm³/mol. The lowest BCUT2D eigenvalue weighted by Crippen LogP contribution is -2.21. The molecule has 0 bridgehead atoms. The normalized spacial score (nSPS) is 15.0. The van der Waals surface area contributed by atoms with Crippen molar-refractivity contribution in [2.75, 3.05) is 5.01 Å². The second-order valence-electron chi connectivity index (χ2n) is 6.54. The van der Waals surface area contributed by atoms with Gasteiger partial charge in [0.2, 0.25) is 0 Å². The molecule has 1 aliphatic rings. The Bertz CT molecular complexity index is 1230. The molecule has 8 heteroatoms. The van der Waals surface area contributed by atoms with Gasteiger partial charge in [0, 0.05) is 10.6 Å². The van der Waals surface area contributed by atoms with E-state index in [4.69, 9.17) is 27.6 Å². The van der Waals surface area contributed by atoms with Crippen LogP contribution < -0.4 is 5.01 Å². The molecule has 0 atom stereocenters.